The molecule has 0 spiro atoms. The number of nitrogens with zero attached hydrogens (tertiary/aromatic N) is 2. The zero-order valence-electron chi connectivity index (χ0n) is 19.2. The number of esters is 1. The van der Waals surface area contributed by atoms with Crippen LogP contribution in [0, 0.1) is 0 Å². The Labute approximate surface area is 214 Å². The Morgan fingerprint density at radius 1 is 1.19 bits per heavy atom. The highest BCUT2D eigenvalue weighted by molar-refractivity contribution is 8.16. The van der Waals surface area contributed by atoms with E-state index < -0.39 is 29.7 Å². The normalized spacial score (nSPS) is 17.4. The molecule has 2 aromatic rings. The molecule has 2 heterocycles. The lowest BCUT2D eigenvalue weighted by atomic mass is 9.94. The van der Waals surface area contributed by atoms with Crippen molar-refractivity contribution in [3.8, 4) is 0 Å². The summed E-state index contributed by atoms with van der Waals surface area (Å²) in [6.45, 7) is 1.66. The maximum atomic E-state index is 13.0. The zero-order chi connectivity index (χ0) is 26.0. The van der Waals surface area contributed by atoms with Crippen molar-refractivity contribution in [3.05, 3.63) is 92.6 Å². The zero-order valence-corrected chi connectivity index (χ0v) is 20.8. The molecule has 1 N–H and O–H groups in total. The number of halogens is 4. The summed E-state index contributed by atoms with van der Waals surface area (Å²) in [4.78, 5) is 31.8. The third kappa shape index (κ3) is 5.44. The van der Waals surface area contributed by atoms with Gasteiger partial charge in [0.15, 0.2) is 5.17 Å². The van der Waals surface area contributed by atoms with Crippen molar-refractivity contribution in [1.82, 2.24) is 10.2 Å². The molecule has 0 unspecified atom stereocenters. The van der Waals surface area contributed by atoms with Crippen LogP contribution in [0.4, 0.5) is 13.2 Å². The largest absolute Gasteiger partial charge is 0.466 e. The number of rotatable bonds is 6. The molecule has 11 heteroatoms. The summed E-state index contributed by atoms with van der Waals surface area (Å²) in [5.74, 6) is -0.943. The average molecular weight is 536 g/mol. The molecule has 0 aliphatic carbocycles. The van der Waals surface area contributed by atoms with Gasteiger partial charge in [-0.2, -0.15) is 13.2 Å². The lowest BCUT2D eigenvalue weighted by molar-refractivity contribution is -0.138. The number of alkyl halides is 3. The van der Waals surface area contributed by atoms with E-state index in [4.69, 9.17) is 16.3 Å². The van der Waals surface area contributed by atoms with Crippen molar-refractivity contribution in [2.24, 2.45) is 4.99 Å². The molecule has 0 saturated carbocycles. The first-order valence-electron chi connectivity index (χ1n) is 10.8. The second-order valence-corrected chi connectivity index (χ2v) is 9.36. The number of allylic oxidation sites excluding steroid dienone is 1. The van der Waals surface area contributed by atoms with Gasteiger partial charge in [0.05, 0.1) is 36.4 Å². The topological polar surface area (TPSA) is 71.0 Å². The molecule has 0 saturated heterocycles. The Morgan fingerprint density at radius 2 is 1.94 bits per heavy atom. The molecule has 0 fully saturated rings. The van der Waals surface area contributed by atoms with E-state index in [0.29, 0.717) is 38.3 Å². The van der Waals surface area contributed by atoms with Gasteiger partial charge in [0.2, 0.25) is 5.91 Å². The summed E-state index contributed by atoms with van der Waals surface area (Å²) in [5, 5.41) is 5.51. The van der Waals surface area contributed by atoms with Crippen LogP contribution in [0.5, 0.6) is 0 Å². The molecule has 2 aliphatic heterocycles. The van der Waals surface area contributed by atoms with Crippen LogP contribution in [0.25, 0.3) is 0 Å². The quantitative estimate of drug-likeness (QED) is 0.472. The van der Waals surface area contributed by atoms with Crippen LogP contribution < -0.4 is 5.32 Å². The summed E-state index contributed by atoms with van der Waals surface area (Å²) in [6.07, 6.45) is -4.54. The molecule has 0 aromatic heterocycles. The van der Waals surface area contributed by atoms with Gasteiger partial charge in [0.25, 0.3) is 0 Å². The SMILES string of the molecule is COC(=O)C1=C(C)N=C2SC=C(CC(=O)NCc3cccc(C(F)(F)F)c3)N2[C@H]1c1cccc(Cl)c1. The maximum absolute atomic E-state index is 13.0. The molecular weight excluding hydrogens is 515 g/mol. The van der Waals surface area contributed by atoms with Gasteiger partial charge in [0.1, 0.15) is 0 Å². The van der Waals surface area contributed by atoms with Gasteiger partial charge >= 0.3 is 12.1 Å². The number of hydrogen-bond donors (Lipinski definition) is 1. The van der Waals surface area contributed by atoms with Crippen molar-refractivity contribution >= 4 is 40.4 Å². The number of carbonyl (C=O) groups is 2. The van der Waals surface area contributed by atoms with Crippen LogP contribution in [0.3, 0.4) is 0 Å². The predicted molar refractivity (Wildman–Crippen MR) is 132 cm³/mol. The third-order valence-electron chi connectivity index (χ3n) is 5.66. The van der Waals surface area contributed by atoms with Crippen molar-refractivity contribution in [2.45, 2.75) is 32.1 Å². The Balaban J connectivity index is 1.55. The highest BCUT2D eigenvalue weighted by Gasteiger charge is 2.41. The summed E-state index contributed by atoms with van der Waals surface area (Å²) in [7, 11) is 1.29. The molecule has 1 amide bonds. The number of carbonyl (C=O) groups excluding carboxylic acids is 2. The highest BCUT2D eigenvalue weighted by atomic mass is 35.5. The number of nitrogens with one attached hydrogen (secondary N) is 1. The predicted octanol–water partition coefficient (Wildman–Crippen LogP) is 5.81. The lowest BCUT2D eigenvalue weighted by Gasteiger charge is -2.36. The van der Waals surface area contributed by atoms with Gasteiger partial charge in [-0.15, -0.1) is 0 Å². The number of amides is 1. The third-order valence-corrected chi connectivity index (χ3v) is 6.78. The first-order valence-corrected chi connectivity index (χ1v) is 12.0. The molecular formula is C25H21ClF3N3O3S. The van der Waals surface area contributed by atoms with E-state index in [2.05, 4.69) is 10.3 Å². The Bertz CT molecular complexity index is 1310. The Kier molecular flexibility index (Phi) is 7.46. The molecule has 0 radical (unpaired) electrons. The van der Waals surface area contributed by atoms with Crippen LogP contribution >= 0.6 is 23.4 Å². The average Bonchev–Trinajstić information content (AvgIpc) is 3.22. The first kappa shape index (κ1) is 25.8. The standard InChI is InChI=1S/C25H21ClF3N3O3S/c1-14-21(23(34)35-2)22(16-6-4-8-18(26)10-16)32-19(13-36-24(32)31-14)11-20(33)30-12-15-5-3-7-17(9-15)25(27,28)29/h3-10,13,22H,11-12H2,1-2H3,(H,30,33)/t22-/m0/s1. The minimum atomic E-state index is -4.46. The van der Waals surface area contributed by atoms with Gasteiger partial charge in [0, 0.05) is 17.3 Å². The highest BCUT2D eigenvalue weighted by Crippen LogP contribution is 2.45. The molecule has 0 bridgehead atoms. The van der Waals surface area contributed by atoms with E-state index in [0.717, 1.165) is 12.1 Å². The van der Waals surface area contributed by atoms with Crippen molar-refractivity contribution in [3.63, 3.8) is 0 Å². The van der Waals surface area contributed by atoms with Gasteiger partial charge in [-0.25, -0.2) is 9.79 Å². The maximum Gasteiger partial charge on any atom is 0.416 e. The van der Waals surface area contributed by atoms with E-state index in [-0.39, 0.29) is 13.0 Å². The number of hydrogen-bond acceptors (Lipinski definition) is 6. The molecule has 188 valence electrons. The first-order chi connectivity index (χ1) is 17.1. The number of thioether (sulfide) groups is 1. The van der Waals surface area contributed by atoms with E-state index in [9.17, 15) is 22.8 Å². The minimum Gasteiger partial charge on any atom is -0.466 e. The number of aliphatic imine (C=N–C) groups is 1. The summed E-state index contributed by atoms with van der Waals surface area (Å²) in [5.41, 5.74) is 1.67. The fraction of sp³-hybridized carbons (Fsp3) is 0.240. The fourth-order valence-corrected chi connectivity index (χ4v) is 5.18. The van der Waals surface area contributed by atoms with Gasteiger partial charge in [-0.1, -0.05) is 47.6 Å². The van der Waals surface area contributed by atoms with E-state index in [1.807, 2.05) is 6.07 Å². The smallest absolute Gasteiger partial charge is 0.416 e. The Hall–Kier alpha value is -3.24. The molecule has 36 heavy (non-hydrogen) atoms. The molecule has 1 atom stereocenters. The van der Waals surface area contributed by atoms with Crippen molar-refractivity contribution in [1.29, 1.82) is 0 Å². The number of amidine groups is 1. The molecule has 2 aliphatic rings. The van der Waals surface area contributed by atoms with Crippen molar-refractivity contribution < 1.29 is 27.5 Å². The van der Waals surface area contributed by atoms with Gasteiger partial charge in [-0.05, 0) is 47.7 Å². The molecule has 2 aromatic carbocycles. The van der Waals surface area contributed by atoms with Crippen LogP contribution in [0.2, 0.25) is 5.02 Å². The lowest BCUT2D eigenvalue weighted by Crippen LogP contribution is -2.37. The molecule has 4 rings (SSSR count). The second kappa shape index (κ2) is 10.4. The molecule has 6 nitrogen and oxygen atoms in total. The van der Waals surface area contributed by atoms with Crippen molar-refractivity contribution in [2.75, 3.05) is 7.11 Å². The van der Waals surface area contributed by atoms with Crippen LogP contribution in [-0.4, -0.2) is 29.1 Å². The minimum absolute atomic E-state index is 0.0612. The fourth-order valence-electron chi connectivity index (χ4n) is 4.02. The van der Waals surface area contributed by atoms with Crippen LogP contribution in [0.15, 0.2) is 75.9 Å². The number of fused-ring (bicyclic) bond motifs is 1. The van der Waals surface area contributed by atoms with Crippen LogP contribution in [0.1, 0.15) is 36.1 Å². The van der Waals surface area contributed by atoms with E-state index >= 15 is 0 Å². The summed E-state index contributed by atoms with van der Waals surface area (Å²) in [6, 6.07) is 11.2. The van der Waals surface area contributed by atoms with Gasteiger partial charge < -0.3 is 15.0 Å². The number of methoxy groups -OCH3 is 1. The van der Waals surface area contributed by atoms with Gasteiger partial charge in [-0.3, -0.25) is 4.79 Å². The van der Waals surface area contributed by atoms with E-state index in [1.165, 1.54) is 31.0 Å². The van der Waals surface area contributed by atoms with Crippen LogP contribution in [-0.2, 0) is 27.0 Å². The number of ether oxygens (including phenoxy) is 1. The monoisotopic (exact) mass is 535 g/mol. The second-order valence-electron chi connectivity index (χ2n) is 8.09. The summed E-state index contributed by atoms with van der Waals surface area (Å²) >= 11 is 7.54. The van der Waals surface area contributed by atoms with E-state index in [1.54, 1.807) is 35.4 Å². The number of benzene rings is 2. The Morgan fingerprint density at radius 3 is 2.64 bits per heavy atom. The summed E-state index contributed by atoms with van der Waals surface area (Å²) < 4.78 is 44.0.